The first kappa shape index (κ1) is 19.8. The number of phenolic OH excluding ortho intramolecular Hbond substituents is 1. The molecule has 0 atom stereocenters. The fourth-order valence-corrected chi connectivity index (χ4v) is 4.75. The largest absolute Gasteiger partial charge is 0.507 e. The second-order valence-electron chi connectivity index (χ2n) is 6.61. The minimum atomic E-state index is -0.382. The van der Waals surface area contributed by atoms with E-state index in [1.54, 1.807) is 30.3 Å². The van der Waals surface area contributed by atoms with Crippen molar-refractivity contribution in [3.8, 4) is 5.75 Å². The van der Waals surface area contributed by atoms with Gasteiger partial charge in [-0.25, -0.2) is 0 Å². The number of halogens is 2. The van der Waals surface area contributed by atoms with Crippen LogP contribution in [0, 0.1) is 0 Å². The van der Waals surface area contributed by atoms with E-state index in [9.17, 15) is 19.8 Å². The third-order valence-electron chi connectivity index (χ3n) is 4.84. The van der Waals surface area contributed by atoms with Crippen LogP contribution in [-0.2, 0) is 6.42 Å². The van der Waals surface area contributed by atoms with Crippen molar-refractivity contribution in [1.82, 2.24) is 0 Å². The van der Waals surface area contributed by atoms with Gasteiger partial charge in [-0.1, -0.05) is 40.2 Å². The van der Waals surface area contributed by atoms with E-state index in [2.05, 4.69) is 37.2 Å². The van der Waals surface area contributed by atoms with Gasteiger partial charge in [0.1, 0.15) is 5.75 Å². The van der Waals surface area contributed by atoms with Crippen LogP contribution in [0.1, 0.15) is 37.4 Å². The van der Waals surface area contributed by atoms with Crippen LogP contribution in [0.15, 0.2) is 57.5 Å². The molecule has 4 rings (SSSR count). The molecule has 146 valence electrons. The van der Waals surface area contributed by atoms with Gasteiger partial charge in [-0.15, -0.1) is 0 Å². The molecule has 5 nitrogen and oxygen atoms in total. The summed E-state index contributed by atoms with van der Waals surface area (Å²) in [5.41, 5.74) is 2.72. The van der Waals surface area contributed by atoms with E-state index in [1.165, 1.54) is 6.07 Å². The highest BCUT2D eigenvalue weighted by molar-refractivity contribution is 9.11. The van der Waals surface area contributed by atoms with Crippen LogP contribution < -0.4 is 5.32 Å². The van der Waals surface area contributed by atoms with Gasteiger partial charge in [-0.2, -0.15) is 0 Å². The minimum Gasteiger partial charge on any atom is -0.507 e. The van der Waals surface area contributed by atoms with Crippen molar-refractivity contribution in [2.45, 2.75) is 6.42 Å². The van der Waals surface area contributed by atoms with Gasteiger partial charge in [0.2, 0.25) is 0 Å². The normalized spacial score (nSPS) is 12.5. The summed E-state index contributed by atoms with van der Waals surface area (Å²) in [6.07, 6.45) is 0.459. The van der Waals surface area contributed by atoms with Gasteiger partial charge >= 0.3 is 0 Å². The Hall–Kier alpha value is -2.48. The number of hydrogen-bond donors (Lipinski definition) is 3. The highest BCUT2D eigenvalue weighted by Crippen LogP contribution is 2.39. The van der Waals surface area contributed by atoms with Crippen molar-refractivity contribution in [2.24, 2.45) is 0 Å². The van der Waals surface area contributed by atoms with Crippen LogP contribution in [0.3, 0.4) is 0 Å². The molecule has 3 aromatic rings. The van der Waals surface area contributed by atoms with Crippen molar-refractivity contribution in [3.05, 3.63) is 85.3 Å². The Morgan fingerprint density at radius 1 is 0.828 bits per heavy atom. The first-order valence-electron chi connectivity index (χ1n) is 8.82. The number of fused-ring (bicyclic) bond motifs is 2. The number of hydrogen-bond acceptors (Lipinski definition) is 5. The van der Waals surface area contributed by atoms with E-state index in [-0.39, 0.29) is 40.6 Å². The summed E-state index contributed by atoms with van der Waals surface area (Å²) in [4.78, 5) is 26.1. The fourth-order valence-electron chi connectivity index (χ4n) is 3.46. The molecule has 0 bridgehead atoms. The predicted molar refractivity (Wildman–Crippen MR) is 117 cm³/mol. The van der Waals surface area contributed by atoms with E-state index in [0.717, 1.165) is 14.5 Å². The van der Waals surface area contributed by atoms with Crippen LogP contribution in [0.4, 0.5) is 11.4 Å². The highest BCUT2D eigenvalue weighted by atomic mass is 79.9. The monoisotopic (exact) mass is 515 g/mol. The molecule has 0 unspecified atom stereocenters. The summed E-state index contributed by atoms with van der Waals surface area (Å²) in [5.74, 6) is -0.932. The van der Waals surface area contributed by atoms with Gasteiger partial charge in [0, 0.05) is 26.7 Å². The number of carbonyl (C=O) groups excluding carboxylic acids is 2. The van der Waals surface area contributed by atoms with Crippen LogP contribution in [0.2, 0.25) is 0 Å². The summed E-state index contributed by atoms with van der Waals surface area (Å²) in [5, 5.41) is 22.8. The van der Waals surface area contributed by atoms with E-state index in [4.69, 9.17) is 0 Å². The number of rotatable bonds is 4. The molecular formula is C22H15Br2NO4. The summed E-state index contributed by atoms with van der Waals surface area (Å²) >= 11 is 6.97. The van der Waals surface area contributed by atoms with E-state index >= 15 is 0 Å². The van der Waals surface area contributed by atoms with E-state index < -0.39 is 0 Å². The van der Waals surface area contributed by atoms with Gasteiger partial charge in [0.05, 0.1) is 22.5 Å². The zero-order valence-electron chi connectivity index (χ0n) is 15.0. The molecular weight excluding hydrogens is 502 g/mol. The van der Waals surface area contributed by atoms with E-state index in [1.807, 2.05) is 12.1 Å². The van der Waals surface area contributed by atoms with Crippen molar-refractivity contribution < 1.29 is 19.8 Å². The highest BCUT2D eigenvalue weighted by Gasteiger charge is 2.34. The smallest absolute Gasteiger partial charge is 0.198 e. The number of ketones is 2. The Kier molecular flexibility index (Phi) is 5.29. The molecule has 1 aliphatic rings. The average Bonchev–Trinajstić information content (AvgIpc) is 2.71. The molecule has 0 saturated carbocycles. The molecule has 3 aromatic carbocycles. The molecule has 7 heteroatoms. The van der Waals surface area contributed by atoms with Crippen LogP contribution >= 0.6 is 31.9 Å². The first-order chi connectivity index (χ1) is 13.9. The molecule has 0 spiro atoms. The summed E-state index contributed by atoms with van der Waals surface area (Å²) in [6.45, 7) is -0.00193. The topological polar surface area (TPSA) is 86.6 Å². The number of nitrogens with one attached hydrogen (secondary N) is 1. The number of aliphatic hydroxyl groups excluding tert-OH is 1. The van der Waals surface area contributed by atoms with E-state index in [0.29, 0.717) is 23.4 Å². The molecule has 0 radical (unpaired) electrons. The van der Waals surface area contributed by atoms with Gasteiger partial charge in [-0.05, 0) is 52.2 Å². The van der Waals surface area contributed by atoms with Crippen molar-refractivity contribution in [3.63, 3.8) is 0 Å². The number of anilines is 2. The molecule has 0 aliphatic heterocycles. The zero-order valence-corrected chi connectivity index (χ0v) is 18.2. The Morgan fingerprint density at radius 2 is 1.48 bits per heavy atom. The Balaban J connectivity index is 1.85. The van der Waals surface area contributed by atoms with Crippen LogP contribution in [-0.4, -0.2) is 28.4 Å². The summed E-state index contributed by atoms with van der Waals surface area (Å²) in [6, 6.07) is 13.3. The molecule has 0 heterocycles. The number of aliphatic hydroxyl groups is 1. The summed E-state index contributed by atoms with van der Waals surface area (Å²) in [7, 11) is 0. The number of aromatic hydroxyl groups is 1. The standard InChI is InChI=1S/C22H15Br2NO4/c23-14-10-15(24)17(9-11(14)7-8-26)25-16-5-6-18(27)20-19(16)21(28)12-3-1-2-4-13(12)22(20)29/h1-6,9-10,25-27H,7-8H2. The third kappa shape index (κ3) is 3.39. The number of benzene rings is 3. The minimum absolute atomic E-state index is 0.00193. The summed E-state index contributed by atoms with van der Waals surface area (Å²) < 4.78 is 1.58. The third-order valence-corrected chi connectivity index (χ3v) is 6.23. The number of carbonyl (C=O) groups is 2. The second-order valence-corrected chi connectivity index (χ2v) is 8.32. The van der Waals surface area contributed by atoms with Gasteiger partial charge in [0.25, 0.3) is 0 Å². The molecule has 0 amide bonds. The second kappa shape index (κ2) is 7.74. The van der Waals surface area contributed by atoms with Gasteiger partial charge < -0.3 is 15.5 Å². The maximum atomic E-state index is 13.2. The molecule has 0 fully saturated rings. The lowest BCUT2D eigenvalue weighted by Gasteiger charge is -2.22. The lowest BCUT2D eigenvalue weighted by atomic mass is 9.82. The number of phenols is 1. The predicted octanol–water partition coefficient (Wildman–Crippen LogP) is 4.97. The zero-order chi connectivity index (χ0) is 20.7. The van der Waals surface area contributed by atoms with Gasteiger partial charge in [-0.3, -0.25) is 9.59 Å². The Morgan fingerprint density at radius 3 is 2.14 bits per heavy atom. The fraction of sp³-hybridized carbons (Fsp3) is 0.0909. The van der Waals surface area contributed by atoms with Crippen LogP contribution in [0.25, 0.3) is 0 Å². The molecule has 3 N–H and O–H groups in total. The molecule has 0 saturated heterocycles. The SMILES string of the molecule is O=C1c2ccccc2C(=O)c2c(Nc3cc(CCO)c(Br)cc3Br)ccc(O)c21. The molecule has 0 aromatic heterocycles. The maximum Gasteiger partial charge on any atom is 0.198 e. The van der Waals surface area contributed by atoms with Crippen molar-refractivity contribution in [2.75, 3.05) is 11.9 Å². The lowest BCUT2D eigenvalue weighted by molar-refractivity contribution is 0.0977. The van der Waals surface area contributed by atoms with Crippen molar-refractivity contribution in [1.29, 1.82) is 0 Å². The first-order valence-corrected chi connectivity index (χ1v) is 10.4. The Bertz CT molecular complexity index is 1170. The Labute approximate surface area is 183 Å². The van der Waals surface area contributed by atoms with Crippen molar-refractivity contribution >= 4 is 54.8 Å². The molecule has 1 aliphatic carbocycles. The molecule has 29 heavy (non-hydrogen) atoms. The quantitative estimate of drug-likeness (QED) is 0.333. The van der Waals surface area contributed by atoms with Gasteiger partial charge in [0.15, 0.2) is 11.6 Å². The van der Waals surface area contributed by atoms with Crippen LogP contribution in [0.5, 0.6) is 5.75 Å². The lowest BCUT2D eigenvalue weighted by Crippen LogP contribution is -2.22. The average molecular weight is 517 g/mol. The maximum absolute atomic E-state index is 13.2.